The molecular formula is C10H6F7NO2. The molecular weight excluding hydrogens is 299 g/mol. The van der Waals surface area contributed by atoms with Crippen molar-refractivity contribution in [2.24, 2.45) is 5.73 Å². The molecule has 3 nitrogen and oxygen atoms in total. The fraction of sp³-hybridized carbons (Fsp3) is 0.300. The van der Waals surface area contributed by atoms with Gasteiger partial charge in [-0.05, 0) is 24.3 Å². The standard InChI is InChI=1S/C10H6F7NO2/c11-8(9(12,13)14,10(15,16)17)20-6-3-1-5(2-4-6)7(18)19/h1-4H,(H2,18,19). The quantitative estimate of drug-likeness (QED) is 0.873. The lowest BCUT2D eigenvalue weighted by Crippen LogP contribution is -2.57. The Morgan fingerprint density at radius 2 is 1.30 bits per heavy atom. The predicted octanol–water partition coefficient (Wildman–Crippen LogP) is 2.95. The van der Waals surface area contributed by atoms with E-state index < -0.39 is 29.9 Å². The zero-order valence-electron chi connectivity index (χ0n) is 9.35. The van der Waals surface area contributed by atoms with E-state index in [1.165, 1.54) is 0 Å². The van der Waals surface area contributed by atoms with Crippen molar-refractivity contribution >= 4 is 5.91 Å². The van der Waals surface area contributed by atoms with Crippen LogP contribution >= 0.6 is 0 Å². The molecule has 0 aromatic heterocycles. The molecule has 0 atom stereocenters. The first kappa shape index (κ1) is 16.1. The highest BCUT2D eigenvalue weighted by Crippen LogP contribution is 2.47. The maximum absolute atomic E-state index is 13.2. The van der Waals surface area contributed by atoms with Gasteiger partial charge in [-0.2, -0.15) is 30.7 Å². The van der Waals surface area contributed by atoms with E-state index in [1.807, 2.05) is 0 Å². The lowest BCUT2D eigenvalue weighted by molar-refractivity contribution is -0.405. The molecule has 112 valence electrons. The van der Waals surface area contributed by atoms with Crippen molar-refractivity contribution < 1.29 is 40.3 Å². The van der Waals surface area contributed by atoms with E-state index in [0.717, 1.165) is 12.1 Å². The molecule has 1 aromatic carbocycles. The summed E-state index contributed by atoms with van der Waals surface area (Å²) in [5.74, 6) is -7.88. The smallest absolute Gasteiger partial charge is 0.444 e. The van der Waals surface area contributed by atoms with Crippen molar-refractivity contribution in [2.45, 2.75) is 18.2 Å². The second kappa shape index (κ2) is 4.84. The van der Waals surface area contributed by atoms with Gasteiger partial charge in [-0.25, -0.2) is 0 Å². The summed E-state index contributed by atoms with van der Waals surface area (Å²) in [6, 6.07) is 2.72. The molecule has 0 aliphatic rings. The lowest BCUT2D eigenvalue weighted by atomic mass is 10.2. The highest BCUT2D eigenvalue weighted by Gasteiger charge is 2.76. The van der Waals surface area contributed by atoms with Gasteiger partial charge in [-0.3, -0.25) is 4.79 Å². The molecule has 0 fully saturated rings. The van der Waals surface area contributed by atoms with Gasteiger partial charge in [0.1, 0.15) is 5.75 Å². The highest BCUT2D eigenvalue weighted by molar-refractivity contribution is 5.92. The number of nitrogens with two attached hydrogens (primary N) is 1. The van der Waals surface area contributed by atoms with Crippen molar-refractivity contribution in [3.05, 3.63) is 29.8 Å². The third kappa shape index (κ3) is 2.94. The Kier molecular flexibility index (Phi) is 3.88. The Bertz CT molecular complexity index is 478. The Labute approximate surface area is 107 Å². The summed E-state index contributed by atoms with van der Waals surface area (Å²) in [4.78, 5) is 10.7. The molecule has 0 saturated carbocycles. The van der Waals surface area contributed by atoms with E-state index in [9.17, 15) is 35.5 Å². The number of rotatable bonds is 3. The van der Waals surface area contributed by atoms with Crippen molar-refractivity contribution in [1.82, 2.24) is 0 Å². The average molecular weight is 305 g/mol. The number of benzene rings is 1. The van der Waals surface area contributed by atoms with Crippen LogP contribution in [0, 0.1) is 0 Å². The number of alkyl halides is 7. The van der Waals surface area contributed by atoms with Gasteiger partial charge in [0.2, 0.25) is 5.91 Å². The zero-order chi connectivity index (χ0) is 15.8. The van der Waals surface area contributed by atoms with Crippen LogP contribution in [0.5, 0.6) is 5.75 Å². The Balaban J connectivity index is 3.12. The van der Waals surface area contributed by atoms with Crippen LogP contribution in [-0.4, -0.2) is 24.1 Å². The lowest BCUT2D eigenvalue weighted by Gasteiger charge is -2.29. The maximum Gasteiger partial charge on any atom is 0.470 e. The third-order valence-corrected chi connectivity index (χ3v) is 2.13. The summed E-state index contributed by atoms with van der Waals surface area (Å²) >= 11 is 0. The minimum Gasteiger partial charge on any atom is -0.444 e. The molecule has 2 N–H and O–H groups in total. The molecule has 0 heterocycles. The summed E-state index contributed by atoms with van der Waals surface area (Å²) in [7, 11) is 0. The largest absolute Gasteiger partial charge is 0.470 e. The van der Waals surface area contributed by atoms with Gasteiger partial charge >= 0.3 is 18.2 Å². The molecule has 20 heavy (non-hydrogen) atoms. The van der Waals surface area contributed by atoms with Crippen LogP contribution in [-0.2, 0) is 0 Å². The first-order chi connectivity index (χ1) is 8.88. The molecule has 1 rings (SSSR count). The normalized spacial score (nSPS) is 13.2. The van der Waals surface area contributed by atoms with Crippen LogP contribution in [0.25, 0.3) is 0 Å². The number of primary amides is 1. The summed E-state index contributed by atoms with van der Waals surface area (Å²) in [6.45, 7) is 0. The van der Waals surface area contributed by atoms with E-state index in [4.69, 9.17) is 5.73 Å². The monoisotopic (exact) mass is 305 g/mol. The number of carbonyl (C=O) groups excluding carboxylic acids is 1. The summed E-state index contributed by atoms with van der Waals surface area (Å²) in [5, 5.41) is 0. The third-order valence-electron chi connectivity index (χ3n) is 2.13. The number of hydrogen-bond acceptors (Lipinski definition) is 2. The van der Waals surface area contributed by atoms with Crippen molar-refractivity contribution in [3.8, 4) is 5.75 Å². The SMILES string of the molecule is NC(=O)c1ccc(OC(F)(C(F)(F)F)C(F)(F)F)cc1. The summed E-state index contributed by atoms with van der Waals surface area (Å²) in [6.07, 6.45) is -12.7. The molecule has 0 saturated heterocycles. The fourth-order valence-electron chi connectivity index (χ4n) is 1.13. The number of amides is 1. The number of hydrogen-bond donors (Lipinski definition) is 1. The number of halogens is 7. The van der Waals surface area contributed by atoms with Gasteiger partial charge < -0.3 is 10.5 Å². The molecule has 0 spiro atoms. The molecule has 1 amide bonds. The summed E-state index contributed by atoms with van der Waals surface area (Å²) < 4.78 is 89.8. The Morgan fingerprint density at radius 1 is 0.900 bits per heavy atom. The van der Waals surface area contributed by atoms with Crippen LogP contribution in [0.1, 0.15) is 10.4 Å². The molecule has 1 aromatic rings. The van der Waals surface area contributed by atoms with Crippen LogP contribution in [0.15, 0.2) is 24.3 Å². The van der Waals surface area contributed by atoms with E-state index in [2.05, 4.69) is 4.74 Å². The average Bonchev–Trinajstić information content (AvgIpc) is 2.26. The van der Waals surface area contributed by atoms with E-state index in [0.29, 0.717) is 12.1 Å². The fourth-order valence-corrected chi connectivity index (χ4v) is 1.13. The predicted molar refractivity (Wildman–Crippen MR) is 51.5 cm³/mol. The minimum atomic E-state index is -6.33. The summed E-state index contributed by atoms with van der Waals surface area (Å²) in [5.41, 5.74) is 4.62. The molecule has 0 unspecified atom stereocenters. The van der Waals surface area contributed by atoms with Crippen LogP contribution in [0.3, 0.4) is 0 Å². The van der Waals surface area contributed by atoms with Crippen LogP contribution in [0.4, 0.5) is 30.7 Å². The second-order valence-electron chi connectivity index (χ2n) is 3.58. The van der Waals surface area contributed by atoms with Gasteiger partial charge in [-0.1, -0.05) is 0 Å². The van der Waals surface area contributed by atoms with Crippen LogP contribution in [0.2, 0.25) is 0 Å². The van der Waals surface area contributed by atoms with Gasteiger partial charge in [0.25, 0.3) is 0 Å². The second-order valence-corrected chi connectivity index (χ2v) is 3.58. The number of ether oxygens (including phenoxy) is 1. The van der Waals surface area contributed by atoms with E-state index in [1.54, 1.807) is 0 Å². The molecule has 0 bridgehead atoms. The highest BCUT2D eigenvalue weighted by atomic mass is 19.4. The zero-order valence-corrected chi connectivity index (χ0v) is 9.35. The first-order valence-electron chi connectivity index (χ1n) is 4.80. The van der Waals surface area contributed by atoms with Gasteiger partial charge in [-0.15, -0.1) is 0 Å². The van der Waals surface area contributed by atoms with Crippen molar-refractivity contribution in [2.75, 3.05) is 0 Å². The Hall–Kier alpha value is -2.00. The Morgan fingerprint density at radius 3 is 1.60 bits per heavy atom. The van der Waals surface area contributed by atoms with Crippen molar-refractivity contribution in [1.29, 1.82) is 0 Å². The topological polar surface area (TPSA) is 52.3 Å². The molecule has 10 heteroatoms. The van der Waals surface area contributed by atoms with E-state index >= 15 is 0 Å². The van der Waals surface area contributed by atoms with Gasteiger partial charge in [0.05, 0.1) is 0 Å². The first-order valence-corrected chi connectivity index (χ1v) is 4.80. The van der Waals surface area contributed by atoms with Crippen molar-refractivity contribution in [3.63, 3.8) is 0 Å². The van der Waals surface area contributed by atoms with E-state index in [-0.39, 0.29) is 5.56 Å². The molecule has 0 aliphatic carbocycles. The molecule has 0 aliphatic heterocycles. The number of carbonyl (C=O) groups is 1. The minimum absolute atomic E-state index is 0.194. The molecule has 0 radical (unpaired) electrons. The van der Waals surface area contributed by atoms with Gasteiger partial charge in [0.15, 0.2) is 0 Å². The van der Waals surface area contributed by atoms with Crippen LogP contribution < -0.4 is 10.5 Å². The maximum atomic E-state index is 13.2. The van der Waals surface area contributed by atoms with Gasteiger partial charge in [0, 0.05) is 5.56 Å².